The lowest BCUT2D eigenvalue weighted by Crippen LogP contribution is -2.31. The fourth-order valence-corrected chi connectivity index (χ4v) is 3.31. The highest BCUT2D eigenvalue weighted by molar-refractivity contribution is 5.94. The van der Waals surface area contributed by atoms with Crippen molar-refractivity contribution in [1.82, 2.24) is 20.5 Å². The van der Waals surface area contributed by atoms with E-state index in [1.165, 1.54) is 0 Å². The summed E-state index contributed by atoms with van der Waals surface area (Å²) in [7, 11) is 0. The number of anilines is 2. The first-order valence-electron chi connectivity index (χ1n) is 9.51. The molecule has 0 radical (unpaired) electrons. The van der Waals surface area contributed by atoms with Gasteiger partial charge in [-0.3, -0.25) is 10.4 Å². The number of hydrogen-bond acceptors (Lipinski definition) is 5. The molecule has 28 heavy (non-hydrogen) atoms. The number of rotatable bonds is 6. The minimum absolute atomic E-state index is 0.106. The fraction of sp³-hybridized carbons (Fsp3) is 0.350. The van der Waals surface area contributed by atoms with Gasteiger partial charge in [-0.05, 0) is 25.3 Å². The average molecular weight is 380 g/mol. The summed E-state index contributed by atoms with van der Waals surface area (Å²) in [6.07, 6.45) is 4.11. The molecule has 1 unspecified atom stereocenters. The minimum atomic E-state index is -0.306. The lowest BCUT2D eigenvalue weighted by molar-refractivity contribution is 0.120. The lowest BCUT2D eigenvalue weighted by atomic mass is 10.1. The van der Waals surface area contributed by atoms with Gasteiger partial charge >= 0.3 is 6.03 Å². The van der Waals surface area contributed by atoms with E-state index in [4.69, 9.17) is 4.74 Å². The Labute approximate surface area is 163 Å². The number of fused-ring (bicyclic) bond motifs is 1. The topological polar surface area (TPSA) is 104 Å². The van der Waals surface area contributed by atoms with Crippen LogP contribution in [0.3, 0.4) is 0 Å². The highest BCUT2D eigenvalue weighted by Gasteiger charge is 2.16. The van der Waals surface area contributed by atoms with Crippen LogP contribution in [0.25, 0.3) is 10.9 Å². The molecule has 1 fully saturated rings. The Morgan fingerprint density at radius 3 is 3.00 bits per heavy atom. The maximum atomic E-state index is 12.3. The molecule has 1 aromatic carbocycles. The Balaban J connectivity index is 1.37. The van der Waals surface area contributed by atoms with E-state index in [1.807, 2.05) is 37.3 Å². The van der Waals surface area contributed by atoms with Crippen LogP contribution in [0.2, 0.25) is 0 Å². The van der Waals surface area contributed by atoms with Crippen molar-refractivity contribution in [2.45, 2.75) is 31.9 Å². The van der Waals surface area contributed by atoms with Gasteiger partial charge in [-0.2, -0.15) is 5.10 Å². The van der Waals surface area contributed by atoms with Gasteiger partial charge < -0.3 is 15.4 Å². The van der Waals surface area contributed by atoms with Crippen molar-refractivity contribution in [2.75, 3.05) is 23.8 Å². The van der Waals surface area contributed by atoms with Gasteiger partial charge in [0.2, 0.25) is 0 Å². The molecule has 4 N–H and O–H groups in total. The van der Waals surface area contributed by atoms with E-state index in [0.717, 1.165) is 48.3 Å². The molecule has 0 aliphatic carbocycles. The van der Waals surface area contributed by atoms with E-state index in [2.05, 4.69) is 31.1 Å². The SMILES string of the molecule is C[C@@H](NC(=O)Nc1cc2[nH]nc(NCC3CCCO3)c2cn1)c1ccccc1. The lowest BCUT2D eigenvalue weighted by Gasteiger charge is -2.14. The quantitative estimate of drug-likeness (QED) is 0.524. The van der Waals surface area contributed by atoms with E-state index < -0.39 is 0 Å². The molecular weight excluding hydrogens is 356 g/mol. The zero-order valence-corrected chi connectivity index (χ0v) is 15.7. The second-order valence-electron chi connectivity index (χ2n) is 6.93. The summed E-state index contributed by atoms with van der Waals surface area (Å²) in [4.78, 5) is 16.6. The van der Waals surface area contributed by atoms with Crippen LogP contribution in [0.1, 0.15) is 31.4 Å². The Bertz CT molecular complexity index is 936. The van der Waals surface area contributed by atoms with E-state index in [1.54, 1.807) is 12.3 Å². The van der Waals surface area contributed by atoms with E-state index in [0.29, 0.717) is 5.82 Å². The number of carbonyl (C=O) groups excluding carboxylic acids is 1. The molecule has 4 rings (SSSR count). The number of benzene rings is 1. The molecule has 0 spiro atoms. The van der Waals surface area contributed by atoms with Gasteiger partial charge in [0.25, 0.3) is 0 Å². The molecule has 8 heteroatoms. The number of urea groups is 1. The van der Waals surface area contributed by atoms with Gasteiger partial charge in [-0.1, -0.05) is 30.3 Å². The highest BCUT2D eigenvalue weighted by atomic mass is 16.5. The summed E-state index contributed by atoms with van der Waals surface area (Å²) >= 11 is 0. The van der Waals surface area contributed by atoms with Crippen LogP contribution in [-0.4, -0.2) is 40.5 Å². The first-order chi connectivity index (χ1) is 13.7. The molecule has 3 aromatic rings. The van der Waals surface area contributed by atoms with Crippen LogP contribution in [0.15, 0.2) is 42.6 Å². The van der Waals surface area contributed by atoms with Crippen LogP contribution in [0.5, 0.6) is 0 Å². The summed E-state index contributed by atoms with van der Waals surface area (Å²) in [5.74, 6) is 1.20. The van der Waals surface area contributed by atoms with Gasteiger partial charge in [0.15, 0.2) is 5.82 Å². The number of aromatic amines is 1. The summed E-state index contributed by atoms with van der Waals surface area (Å²) in [5.41, 5.74) is 1.84. The average Bonchev–Trinajstić information content (AvgIpc) is 3.36. The first-order valence-corrected chi connectivity index (χ1v) is 9.51. The van der Waals surface area contributed by atoms with Crippen molar-refractivity contribution in [3.8, 4) is 0 Å². The van der Waals surface area contributed by atoms with Crippen LogP contribution >= 0.6 is 0 Å². The third-order valence-corrected chi connectivity index (χ3v) is 4.86. The number of amides is 2. The molecule has 2 atom stereocenters. The van der Waals surface area contributed by atoms with E-state index in [9.17, 15) is 4.79 Å². The van der Waals surface area contributed by atoms with Crippen LogP contribution in [0, 0.1) is 0 Å². The van der Waals surface area contributed by atoms with Gasteiger partial charge in [0, 0.05) is 25.4 Å². The van der Waals surface area contributed by atoms with Gasteiger partial charge in [0.1, 0.15) is 5.82 Å². The first kappa shape index (κ1) is 18.2. The third-order valence-electron chi connectivity index (χ3n) is 4.86. The van der Waals surface area contributed by atoms with Crippen LogP contribution in [-0.2, 0) is 4.74 Å². The molecule has 0 saturated carbocycles. The normalized spacial score (nSPS) is 17.4. The molecule has 1 saturated heterocycles. The number of aromatic nitrogens is 3. The third kappa shape index (κ3) is 4.23. The Hall–Kier alpha value is -3.13. The van der Waals surface area contributed by atoms with Crippen molar-refractivity contribution >= 4 is 28.6 Å². The molecule has 2 aromatic heterocycles. The maximum absolute atomic E-state index is 12.3. The standard InChI is InChI=1S/C20H24N6O2/c1-13(14-6-3-2-4-7-14)23-20(27)24-18-10-17-16(12-21-18)19(26-25-17)22-11-15-8-5-9-28-15/h2-4,6-7,10,12-13,15H,5,8-9,11H2,1H3,(H2,22,25,26)(H2,21,23,24,27)/t13-,15?/m1/s1. The molecule has 8 nitrogen and oxygen atoms in total. The Kier molecular flexibility index (Phi) is 5.38. The predicted molar refractivity (Wildman–Crippen MR) is 108 cm³/mol. The van der Waals surface area contributed by atoms with Crippen molar-refractivity contribution in [1.29, 1.82) is 0 Å². The minimum Gasteiger partial charge on any atom is -0.376 e. The van der Waals surface area contributed by atoms with Crippen molar-refractivity contribution in [3.05, 3.63) is 48.2 Å². The zero-order chi connectivity index (χ0) is 19.3. The maximum Gasteiger partial charge on any atom is 0.320 e. The zero-order valence-electron chi connectivity index (χ0n) is 15.7. The van der Waals surface area contributed by atoms with Gasteiger partial charge in [0.05, 0.1) is 23.0 Å². The molecule has 2 amide bonds. The summed E-state index contributed by atoms with van der Waals surface area (Å²) in [5, 5.41) is 17.1. The Morgan fingerprint density at radius 2 is 2.21 bits per heavy atom. The number of nitrogens with one attached hydrogen (secondary N) is 4. The highest BCUT2D eigenvalue weighted by Crippen LogP contribution is 2.22. The number of ether oxygens (including phenoxy) is 1. The Morgan fingerprint density at radius 1 is 1.36 bits per heavy atom. The van der Waals surface area contributed by atoms with Crippen LogP contribution < -0.4 is 16.0 Å². The number of nitrogens with zero attached hydrogens (tertiary/aromatic N) is 2. The molecular formula is C20H24N6O2. The van der Waals surface area contributed by atoms with Crippen molar-refractivity contribution in [3.63, 3.8) is 0 Å². The summed E-state index contributed by atoms with van der Waals surface area (Å²) in [6, 6.07) is 11.2. The second kappa shape index (κ2) is 8.26. The largest absolute Gasteiger partial charge is 0.376 e. The summed E-state index contributed by atoms with van der Waals surface area (Å²) in [6.45, 7) is 3.49. The number of pyridine rings is 1. The van der Waals surface area contributed by atoms with Gasteiger partial charge in [-0.15, -0.1) is 0 Å². The molecule has 1 aliphatic heterocycles. The molecule has 1 aliphatic rings. The monoisotopic (exact) mass is 380 g/mol. The second-order valence-corrected chi connectivity index (χ2v) is 6.93. The van der Waals surface area contributed by atoms with E-state index in [-0.39, 0.29) is 18.2 Å². The number of carbonyl (C=O) groups is 1. The summed E-state index contributed by atoms with van der Waals surface area (Å²) < 4.78 is 5.62. The smallest absolute Gasteiger partial charge is 0.320 e. The number of H-pyrrole nitrogens is 1. The van der Waals surface area contributed by atoms with Gasteiger partial charge in [-0.25, -0.2) is 9.78 Å². The van der Waals surface area contributed by atoms with E-state index >= 15 is 0 Å². The number of hydrogen-bond donors (Lipinski definition) is 4. The molecule has 146 valence electrons. The molecule has 0 bridgehead atoms. The molecule has 3 heterocycles. The van der Waals surface area contributed by atoms with Crippen molar-refractivity contribution < 1.29 is 9.53 Å². The van der Waals surface area contributed by atoms with Crippen molar-refractivity contribution in [2.24, 2.45) is 0 Å². The van der Waals surface area contributed by atoms with Crippen LogP contribution in [0.4, 0.5) is 16.4 Å². The predicted octanol–water partition coefficient (Wildman–Crippen LogP) is 3.43. The fourth-order valence-electron chi connectivity index (χ4n) is 3.31.